The number of thiophene rings is 1. The second-order valence-corrected chi connectivity index (χ2v) is 9.36. The Morgan fingerprint density at radius 1 is 1.50 bits per heavy atom. The molecule has 0 radical (unpaired) electrons. The van der Waals surface area contributed by atoms with Crippen LogP contribution in [0.4, 0.5) is 0 Å². The van der Waals surface area contributed by atoms with E-state index in [0.717, 1.165) is 10.2 Å². The number of amides is 1. The van der Waals surface area contributed by atoms with Gasteiger partial charge in [-0.15, -0.1) is 23.1 Å². The van der Waals surface area contributed by atoms with E-state index in [0.29, 0.717) is 17.1 Å². The number of ketones is 1. The first-order valence-corrected chi connectivity index (χ1v) is 9.41. The van der Waals surface area contributed by atoms with Gasteiger partial charge in [0, 0.05) is 12.2 Å². The molecule has 0 spiro atoms. The van der Waals surface area contributed by atoms with E-state index in [1.165, 1.54) is 11.3 Å². The molecule has 0 saturated carbocycles. The number of halogens is 1. The molecule has 0 aliphatic carbocycles. The minimum Gasteiger partial charge on any atom is -0.456 e. The maximum Gasteiger partial charge on any atom is 0.330 e. The molecule has 0 bridgehead atoms. The Morgan fingerprint density at radius 2 is 2.27 bits per heavy atom. The van der Waals surface area contributed by atoms with Gasteiger partial charge in [0.15, 0.2) is 6.61 Å². The summed E-state index contributed by atoms with van der Waals surface area (Å²) in [6.45, 7) is 1.69. The van der Waals surface area contributed by atoms with Crippen molar-refractivity contribution < 1.29 is 19.1 Å². The zero-order chi connectivity index (χ0) is 15.9. The van der Waals surface area contributed by atoms with Crippen LogP contribution in [0.3, 0.4) is 0 Å². The summed E-state index contributed by atoms with van der Waals surface area (Å²) in [4.78, 5) is 38.0. The van der Waals surface area contributed by atoms with Crippen LogP contribution in [0.2, 0.25) is 0 Å². The van der Waals surface area contributed by atoms with E-state index in [1.54, 1.807) is 28.8 Å². The third-order valence-corrected chi connectivity index (χ3v) is 7.08. The summed E-state index contributed by atoms with van der Waals surface area (Å²) in [5, 5.41) is 0. The highest BCUT2D eigenvalue weighted by Gasteiger charge is 2.53. The highest BCUT2D eigenvalue weighted by molar-refractivity contribution is 9.11. The molecular weight excluding hydrogens is 390 g/mol. The lowest BCUT2D eigenvalue weighted by atomic mass is 10.2. The van der Waals surface area contributed by atoms with E-state index in [2.05, 4.69) is 15.9 Å². The van der Waals surface area contributed by atoms with Crippen molar-refractivity contribution in [1.82, 2.24) is 4.90 Å². The van der Waals surface area contributed by atoms with Crippen LogP contribution in [0.1, 0.15) is 29.4 Å². The average molecular weight is 404 g/mol. The summed E-state index contributed by atoms with van der Waals surface area (Å²) in [6, 6.07) is 2.90. The third-order valence-electron chi connectivity index (χ3n) is 3.91. The van der Waals surface area contributed by atoms with Gasteiger partial charge < -0.3 is 9.64 Å². The molecule has 1 aromatic heterocycles. The molecule has 2 fully saturated rings. The molecule has 0 N–H and O–H groups in total. The number of thioether (sulfide) groups is 1. The van der Waals surface area contributed by atoms with Crippen LogP contribution in [-0.2, 0) is 14.3 Å². The van der Waals surface area contributed by atoms with Crippen molar-refractivity contribution in [3.63, 3.8) is 0 Å². The molecule has 3 rings (SSSR count). The smallest absolute Gasteiger partial charge is 0.330 e. The largest absolute Gasteiger partial charge is 0.456 e. The molecule has 1 amide bonds. The number of esters is 1. The van der Waals surface area contributed by atoms with Crippen molar-refractivity contribution in [2.75, 3.05) is 12.4 Å². The summed E-state index contributed by atoms with van der Waals surface area (Å²) in [5.41, 5.74) is 0. The second-order valence-electron chi connectivity index (χ2n) is 5.40. The SMILES string of the molecule is C[C@@]12CCC(=O)N1[C@@H](C(=O)OCC(=O)c1ccc(Br)s1)CS2. The highest BCUT2D eigenvalue weighted by atomic mass is 79.9. The molecule has 22 heavy (non-hydrogen) atoms. The van der Waals surface area contributed by atoms with Gasteiger partial charge in [0.05, 0.1) is 13.5 Å². The summed E-state index contributed by atoms with van der Waals surface area (Å²) in [7, 11) is 0. The Bertz CT molecular complexity index is 647. The zero-order valence-electron chi connectivity index (χ0n) is 11.8. The number of rotatable bonds is 4. The van der Waals surface area contributed by atoms with Gasteiger partial charge in [-0.3, -0.25) is 9.59 Å². The Balaban J connectivity index is 1.61. The van der Waals surface area contributed by atoms with Crippen LogP contribution in [0, 0.1) is 0 Å². The first kappa shape index (κ1) is 16.0. The molecule has 2 aliphatic heterocycles. The van der Waals surface area contributed by atoms with E-state index in [9.17, 15) is 14.4 Å². The number of hydrogen-bond donors (Lipinski definition) is 0. The number of carbonyl (C=O) groups is 3. The molecule has 2 atom stereocenters. The number of Topliss-reactive ketones (excluding diaryl/α,β-unsaturated/α-hetero) is 1. The molecule has 2 saturated heterocycles. The van der Waals surface area contributed by atoms with Gasteiger partial charge >= 0.3 is 5.97 Å². The number of nitrogens with zero attached hydrogens (tertiary/aromatic N) is 1. The Hall–Kier alpha value is -0.860. The molecule has 3 heterocycles. The molecular formula is C14H14BrNO4S2. The van der Waals surface area contributed by atoms with Crippen LogP contribution in [0.5, 0.6) is 0 Å². The normalized spacial score (nSPS) is 27.1. The van der Waals surface area contributed by atoms with Crippen LogP contribution in [0.25, 0.3) is 0 Å². The van der Waals surface area contributed by atoms with Crippen LogP contribution < -0.4 is 0 Å². The molecule has 0 aromatic carbocycles. The molecule has 0 unspecified atom stereocenters. The van der Waals surface area contributed by atoms with Gasteiger partial charge in [0.1, 0.15) is 6.04 Å². The van der Waals surface area contributed by atoms with Gasteiger partial charge in [-0.25, -0.2) is 4.79 Å². The van der Waals surface area contributed by atoms with E-state index in [4.69, 9.17) is 4.74 Å². The first-order valence-electron chi connectivity index (χ1n) is 6.82. The van der Waals surface area contributed by atoms with Crippen molar-refractivity contribution in [2.45, 2.75) is 30.7 Å². The van der Waals surface area contributed by atoms with Gasteiger partial charge in [-0.05, 0) is 41.4 Å². The second kappa shape index (κ2) is 5.98. The molecule has 1 aromatic rings. The standard InChI is InChI=1S/C14H14BrNO4S2/c1-14-5-4-12(18)16(14)8(7-21-14)13(19)20-6-9(17)10-2-3-11(15)22-10/h2-3,8H,4-7H2,1H3/t8-,14-/m1/s1. The van der Waals surface area contributed by atoms with Crippen LogP contribution >= 0.6 is 39.0 Å². The summed E-state index contributed by atoms with van der Waals surface area (Å²) < 4.78 is 6.00. The van der Waals surface area contributed by atoms with E-state index >= 15 is 0 Å². The maximum absolute atomic E-state index is 12.2. The number of ether oxygens (including phenoxy) is 1. The number of hydrogen-bond acceptors (Lipinski definition) is 6. The van der Waals surface area contributed by atoms with Gasteiger partial charge in [-0.1, -0.05) is 0 Å². The zero-order valence-corrected chi connectivity index (χ0v) is 15.1. The van der Waals surface area contributed by atoms with E-state index in [1.807, 2.05) is 6.92 Å². The molecule has 8 heteroatoms. The first-order chi connectivity index (χ1) is 10.4. The minimum absolute atomic E-state index is 0.0111. The fourth-order valence-corrected chi connectivity index (χ4v) is 5.49. The predicted molar refractivity (Wildman–Crippen MR) is 88.0 cm³/mol. The lowest BCUT2D eigenvalue weighted by Crippen LogP contribution is -2.46. The minimum atomic E-state index is -0.576. The quantitative estimate of drug-likeness (QED) is 0.571. The fraction of sp³-hybridized carbons (Fsp3) is 0.500. The lowest BCUT2D eigenvalue weighted by Gasteiger charge is -2.29. The Kier molecular flexibility index (Phi) is 4.35. The molecule has 118 valence electrons. The summed E-state index contributed by atoms with van der Waals surface area (Å²) in [6.07, 6.45) is 1.22. The lowest BCUT2D eigenvalue weighted by molar-refractivity contribution is -0.152. The van der Waals surface area contributed by atoms with Crippen LogP contribution in [-0.4, -0.2) is 45.8 Å². The Morgan fingerprint density at radius 3 is 2.95 bits per heavy atom. The number of carbonyl (C=O) groups excluding carboxylic acids is 3. The van der Waals surface area contributed by atoms with Gasteiger partial charge in [0.2, 0.25) is 11.7 Å². The van der Waals surface area contributed by atoms with Crippen molar-refractivity contribution in [1.29, 1.82) is 0 Å². The number of fused-ring (bicyclic) bond motifs is 1. The molecule has 5 nitrogen and oxygen atoms in total. The van der Waals surface area contributed by atoms with E-state index < -0.39 is 12.0 Å². The van der Waals surface area contributed by atoms with Crippen molar-refractivity contribution in [2.24, 2.45) is 0 Å². The van der Waals surface area contributed by atoms with Crippen molar-refractivity contribution in [3.8, 4) is 0 Å². The predicted octanol–water partition coefficient (Wildman–Crippen LogP) is 2.69. The van der Waals surface area contributed by atoms with E-state index in [-0.39, 0.29) is 23.2 Å². The van der Waals surface area contributed by atoms with Crippen molar-refractivity contribution >= 4 is 56.7 Å². The van der Waals surface area contributed by atoms with Crippen molar-refractivity contribution in [3.05, 3.63) is 20.8 Å². The summed E-state index contributed by atoms with van der Waals surface area (Å²) in [5.74, 6) is -0.205. The van der Waals surface area contributed by atoms with Gasteiger partial charge in [0.25, 0.3) is 0 Å². The third kappa shape index (κ3) is 2.83. The topological polar surface area (TPSA) is 63.7 Å². The fourth-order valence-electron chi connectivity index (χ4n) is 2.76. The van der Waals surface area contributed by atoms with Crippen LogP contribution in [0.15, 0.2) is 15.9 Å². The summed E-state index contributed by atoms with van der Waals surface area (Å²) >= 11 is 6.20. The molecule has 2 aliphatic rings. The average Bonchev–Trinajstić information content (AvgIpc) is 3.13. The monoisotopic (exact) mass is 403 g/mol. The highest BCUT2D eigenvalue weighted by Crippen LogP contribution is 2.47. The Labute approximate surface area is 144 Å². The maximum atomic E-state index is 12.2. The van der Waals surface area contributed by atoms with Gasteiger partial charge in [-0.2, -0.15) is 0 Å².